The molecule has 0 radical (unpaired) electrons. The molecule has 5 rings (SSSR count). The van der Waals surface area contributed by atoms with Gasteiger partial charge in [-0.1, -0.05) is 12.1 Å². The third-order valence-electron chi connectivity index (χ3n) is 6.81. The van der Waals surface area contributed by atoms with Crippen molar-refractivity contribution in [3.63, 3.8) is 0 Å². The Morgan fingerprint density at radius 3 is 2.97 bits per heavy atom. The van der Waals surface area contributed by atoms with Crippen molar-refractivity contribution >= 4 is 28.8 Å². The highest BCUT2D eigenvalue weighted by Crippen LogP contribution is 2.46. The molecule has 29 heavy (non-hydrogen) atoms. The van der Waals surface area contributed by atoms with Crippen LogP contribution < -0.4 is 0 Å². The van der Waals surface area contributed by atoms with Gasteiger partial charge in [0.1, 0.15) is 0 Å². The number of hydrogen-bond acceptors (Lipinski definition) is 5. The lowest BCUT2D eigenvalue weighted by Crippen LogP contribution is -2.49. The smallest absolute Gasteiger partial charge is 0.409 e. The zero-order valence-corrected chi connectivity index (χ0v) is 18.0. The van der Waals surface area contributed by atoms with Crippen molar-refractivity contribution in [2.45, 2.75) is 29.8 Å². The highest BCUT2D eigenvalue weighted by molar-refractivity contribution is 7.98. The number of morpholine rings is 1. The molecular weight excluding hydrogens is 386 g/mol. The molecule has 2 saturated heterocycles. The van der Waals surface area contributed by atoms with Crippen molar-refractivity contribution in [2.24, 2.45) is 5.92 Å². The number of nitrogens with zero attached hydrogens (tertiary/aromatic N) is 2. The number of thioether (sulfide) groups is 1. The van der Waals surface area contributed by atoms with E-state index >= 15 is 0 Å². The molecule has 0 bridgehead atoms. The number of rotatable bonds is 3. The minimum atomic E-state index is -0.193. The molecule has 2 aromatic rings. The Morgan fingerprint density at radius 1 is 1.34 bits per heavy atom. The maximum absolute atomic E-state index is 12.4. The summed E-state index contributed by atoms with van der Waals surface area (Å²) in [6, 6.07) is 7.18. The number of fused-ring (bicyclic) bond motifs is 2. The molecule has 3 heterocycles. The molecule has 1 aromatic carbocycles. The van der Waals surface area contributed by atoms with Crippen LogP contribution in [0.5, 0.6) is 0 Å². The van der Waals surface area contributed by atoms with Crippen LogP contribution in [0.4, 0.5) is 4.79 Å². The Kier molecular flexibility index (Phi) is 5.22. The monoisotopic (exact) mass is 415 g/mol. The Bertz CT molecular complexity index is 908. The van der Waals surface area contributed by atoms with Crippen LogP contribution in [-0.2, 0) is 15.9 Å². The molecule has 3 atom stereocenters. The zero-order chi connectivity index (χ0) is 20.0. The van der Waals surface area contributed by atoms with E-state index in [-0.39, 0.29) is 6.09 Å². The number of piperidine rings is 1. The van der Waals surface area contributed by atoms with E-state index in [1.165, 1.54) is 27.1 Å². The van der Waals surface area contributed by atoms with Crippen molar-refractivity contribution in [1.82, 2.24) is 14.8 Å². The lowest BCUT2D eigenvalue weighted by atomic mass is 9.72. The van der Waals surface area contributed by atoms with Crippen molar-refractivity contribution in [3.05, 3.63) is 29.3 Å². The topological polar surface area (TPSA) is 57.8 Å². The lowest BCUT2D eigenvalue weighted by Gasteiger charge is -2.45. The fourth-order valence-electron chi connectivity index (χ4n) is 5.43. The molecule has 6 nitrogen and oxygen atoms in total. The Hall–Kier alpha value is -1.70. The Morgan fingerprint density at radius 2 is 2.17 bits per heavy atom. The maximum Gasteiger partial charge on any atom is 0.409 e. The van der Waals surface area contributed by atoms with Crippen LogP contribution in [0.1, 0.15) is 23.5 Å². The largest absolute Gasteiger partial charge is 0.449 e. The minimum Gasteiger partial charge on any atom is -0.449 e. The van der Waals surface area contributed by atoms with Crippen molar-refractivity contribution in [3.8, 4) is 0 Å². The number of aromatic nitrogens is 1. The maximum atomic E-state index is 12.4. The molecule has 1 aliphatic carbocycles. The van der Waals surface area contributed by atoms with E-state index in [9.17, 15) is 4.79 Å². The van der Waals surface area contributed by atoms with Gasteiger partial charge in [0.15, 0.2) is 0 Å². The zero-order valence-electron chi connectivity index (χ0n) is 17.1. The van der Waals surface area contributed by atoms with Gasteiger partial charge in [-0.25, -0.2) is 4.79 Å². The Labute approximate surface area is 175 Å². The first-order valence-corrected chi connectivity index (χ1v) is 11.7. The number of hydrogen-bond donors (Lipinski definition) is 1. The summed E-state index contributed by atoms with van der Waals surface area (Å²) < 4.78 is 11.0. The van der Waals surface area contributed by atoms with E-state index in [4.69, 9.17) is 9.47 Å². The number of ether oxygens (including phenoxy) is 2. The number of aromatic amines is 1. The Balaban J connectivity index is 1.34. The van der Waals surface area contributed by atoms with Gasteiger partial charge in [0.2, 0.25) is 0 Å². The molecule has 2 fully saturated rings. The average molecular weight is 416 g/mol. The normalized spacial score (nSPS) is 27.1. The second-order valence-electron chi connectivity index (χ2n) is 8.50. The van der Waals surface area contributed by atoms with Crippen molar-refractivity contribution < 1.29 is 14.3 Å². The van der Waals surface area contributed by atoms with E-state index in [2.05, 4.69) is 41.4 Å². The number of amides is 1. The van der Waals surface area contributed by atoms with Crippen LogP contribution in [0.25, 0.3) is 10.9 Å². The highest BCUT2D eigenvalue weighted by atomic mass is 32.2. The summed E-state index contributed by atoms with van der Waals surface area (Å²) in [6.45, 7) is 3.93. The molecule has 1 N–H and O–H groups in total. The van der Waals surface area contributed by atoms with Gasteiger partial charge in [0, 0.05) is 48.4 Å². The lowest BCUT2D eigenvalue weighted by molar-refractivity contribution is 0.0131. The summed E-state index contributed by atoms with van der Waals surface area (Å²) >= 11 is 1.81. The fraction of sp³-hybridized carbons (Fsp3) is 0.591. The van der Waals surface area contributed by atoms with Crippen LogP contribution in [0.2, 0.25) is 0 Å². The number of carbonyl (C=O) groups excluding carboxylic acids is 1. The van der Waals surface area contributed by atoms with Crippen LogP contribution in [0.15, 0.2) is 23.2 Å². The number of likely N-dealkylation sites (tertiary alicyclic amines) is 1. The first-order valence-electron chi connectivity index (χ1n) is 10.5. The standard InChI is InChI=1S/C22H29N3O3S/c1-24-12-14(13-28-22(26)25-6-8-27-9-7-25)10-16-15-4-3-5-18-20(15)17(11-19(16)24)21(23-18)29-2/h3-5,14,16,19,23H,6-13H2,1-2H3/t14-,16?,19-/m1/s1. The van der Waals surface area contributed by atoms with Crippen LogP contribution in [0.3, 0.4) is 0 Å². The third kappa shape index (κ3) is 3.43. The third-order valence-corrected chi connectivity index (χ3v) is 7.57. The minimum absolute atomic E-state index is 0.193. The number of H-pyrrole nitrogens is 1. The highest BCUT2D eigenvalue weighted by Gasteiger charge is 2.40. The summed E-state index contributed by atoms with van der Waals surface area (Å²) in [6.07, 6.45) is 4.12. The van der Waals surface area contributed by atoms with Gasteiger partial charge >= 0.3 is 6.09 Å². The predicted octanol–water partition coefficient (Wildman–Crippen LogP) is 3.32. The summed E-state index contributed by atoms with van der Waals surface area (Å²) in [7, 11) is 2.23. The number of nitrogens with one attached hydrogen (secondary N) is 1. The average Bonchev–Trinajstić information content (AvgIpc) is 3.12. The molecule has 1 unspecified atom stereocenters. The number of benzene rings is 1. The van der Waals surface area contributed by atoms with Crippen LogP contribution in [0, 0.1) is 5.92 Å². The van der Waals surface area contributed by atoms with Gasteiger partial charge in [-0.2, -0.15) is 0 Å². The first kappa shape index (κ1) is 19.3. The molecule has 0 spiro atoms. The van der Waals surface area contributed by atoms with E-state index in [0.29, 0.717) is 50.8 Å². The van der Waals surface area contributed by atoms with Gasteiger partial charge in [0.25, 0.3) is 0 Å². The van der Waals surface area contributed by atoms with Crippen molar-refractivity contribution in [2.75, 3.05) is 52.8 Å². The molecule has 0 saturated carbocycles. The van der Waals surface area contributed by atoms with E-state index in [1.807, 2.05) is 11.8 Å². The summed E-state index contributed by atoms with van der Waals surface area (Å²) in [5.74, 6) is 0.851. The van der Waals surface area contributed by atoms with Crippen molar-refractivity contribution in [1.29, 1.82) is 0 Å². The van der Waals surface area contributed by atoms with Gasteiger partial charge < -0.3 is 24.3 Å². The van der Waals surface area contributed by atoms with Gasteiger partial charge in [-0.3, -0.25) is 0 Å². The molecule has 2 aliphatic heterocycles. The first-order chi connectivity index (χ1) is 14.2. The van der Waals surface area contributed by atoms with Crippen LogP contribution in [-0.4, -0.2) is 79.7 Å². The fourth-order valence-corrected chi connectivity index (χ4v) is 6.07. The van der Waals surface area contributed by atoms with Gasteiger partial charge in [-0.05, 0) is 43.3 Å². The SMILES string of the molecule is CSc1[nH]c2cccc3c2c1C[C@@H]1C3C[C@@H](COC(=O)N2CCOCC2)CN1C. The molecule has 7 heteroatoms. The quantitative estimate of drug-likeness (QED) is 0.780. The van der Waals surface area contributed by atoms with E-state index < -0.39 is 0 Å². The van der Waals surface area contributed by atoms with E-state index in [1.54, 1.807) is 4.90 Å². The second-order valence-corrected chi connectivity index (χ2v) is 9.32. The molecule has 1 amide bonds. The molecule has 156 valence electrons. The second kappa shape index (κ2) is 7.85. The summed E-state index contributed by atoms with van der Waals surface area (Å²) in [5, 5.41) is 2.73. The summed E-state index contributed by atoms with van der Waals surface area (Å²) in [5.41, 5.74) is 4.19. The van der Waals surface area contributed by atoms with Gasteiger partial charge in [0.05, 0.1) is 24.8 Å². The molecule has 1 aromatic heterocycles. The predicted molar refractivity (Wildman–Crippen MR) is 115 cm³/mol. The molecular formula is C22H29N3O3S. The van der Waals surface area contributed by atoms with E-state index in [0.717, 1.165) is 19.4 Å². The summed E-state index contributed by atoms with van der Waals surface area (Å²) in [4.78, 5) is 20.3. The van der Waals surface area contributed by atoms with Gasteiger partial charge in [-0.15, -0.1) is 11.8 Å². The van der Waals surface area contributed by atoms with Crippen LogP contribution >= 0.6 is 11.8 Å². The number of carbonyl (C=O) groups is 1. The molecule has 3 aliphatic rings. The number of likely N-dealkylation sites (N-methyl/N-ethyl adjacent to an activating group) is 1.